The van der Waals surface area contributed by atoms with E-state index in [1.54, 1.807) is 12.1 Å². The molecule has 1 saturated heterocycles. The second kappa shape index (κ2) is 7.26. The summed E-state index contributed by atoms with van der Waals surface area (Å²) in [6.45, 7) is 4.20. The molecule has 0 radical (unpaired) electrons. The summed E-state index contributed by atoms with van der Waals surface area (Å²) in [6.07, 6.45) is -1.07. The van der Waals surface area contributed by atoms with Gasteiger partial charge in [-0.25, -0.2) is 17.9 Å². The van der Waals surface area contributed by atoms with E-state index in [2.05, 4.69) is 4.72 Å². The summed E-state index contributed by atoms with van der Waals surface area (Å²) in [4.78, 5) is 13.6. The lowest BCUT2D eigenvalue weighted by molar-refractivity contribution is 0.143. The van der Waals surface area contributed by atoms with E-state index < -0.39 is 22.2 Å². The maximum Gasteiger partial charge on any atom is 0.414 e. The number of nitrogens with zero attached hydrogens (tertiary/aromatic N) is 1. The highest BCUT2D eigenvalue weighted by molar-refractivity contribution is 7.89. The Morgan fingerprint density at radius 2 is 1.92 bits per heavy atom. The molecular weight excluding hydrogens is 376 g/mol. The van der Waals surface area contributed by atoms with Crippen LogP contribution in [0.25, 0.3) is 0 Å². The first-order valence-electron chi connectivity index (χ1n) is 8.07. The smallest absolute Gasteiger partial charge is 0.414 e. The standard InChI is InChI=1S/C18H19ClN2O4S/c1-12-7-8-14(9-13(12)2)21-11-15(25-18(21)22)10-20-26(23,24)17-6-4-3-5-16(17)19/h3-9,15,20H,10-11H2,1-2H3. The number of benzene rings is 2. The predicted octanol–water partition coefficient (Wildman–Crippen LogP) is 3.26. The van der Waals surface area contributed by atoms with Crippen LogP contribution in [0.15, 0.2) is 47.4 Å². The minimum absolute atomic E-state index is 0.00277. The lowest BCUT2D eigenvalue weighted by Crippen LogP contribution is -2.34. The van der Waals surface area contributed by atoms with E-state index in [0.717, 1.165) is 16.8 Å². The summed E-state index contributed by atoms with van der Waals surface area (Å²) in [5.41, 5.74) is 2.93. The minimum Gasteiger partial charge on any atom is -0.443 e. The predicted molar refractivity (Wildman–Crippen MR) is 100 cm³/mol. The molecule has 1 atom stereocenters. The zero-order valence-corrected chi connectivity index (χ0v) is 16.0. The fourth-order valence-corrected chi connectivity index (χ4v) is 4.26. The maximum atomic E-state index is 12.4. The minimum atomic E-state index is -3.78. The van der Waals surface area contributed by atoms with Crippen molar-refractivity contribution in [1.29, 1.82) is 0 Å². The number of hydrogen-bond donors (Lipinski definition) is 1. The van der Waals surface area contributed by atoms with Gasteiger partial charge in [0.2, 0.25) is 10.0 Å². The fraction of sp³-hybridized carbons (Fsp3) is 0.278. The van der Waals surface area contributed by atoms with E-state index in [1.807, 2.05) is 32.0 Å². The molecule has 0 bridgehead atoms. The molecule has 2 aromatic rings. The number of aryl methyl sites for hydroxylation is 2. The zero-order chi connectivity index (χ0) is 18.9. The van der Waals surface area contributed by atoms with Gasteiger partial charge in [0, 0.05) is 12.2 Å². The molecule has 1 unspecified atom stereocenters. The molecule has 2 aromatic carbocycles. The van der Waals surface area contributed by atoms with E-state index in [-0.39, 0.29) is 23.0 Å². The molecule has 26 heavy (non-hydrogen) atoms. The van der Waals surface area contributed by atoms with Crippen LogP contribution in [-0.4, -0.2) is 33.7 Å². The van der Waals surface area contributed by atoms with Gasteiger partial charge < -0.3 is 4.74 Å². The van der Waals surface area contributed by atoms with Crippen molar-refractivity contribution in [2.24, 2.45) is 0 Å². The number of carbonyl (C=O) groups excluding carboxylic acids is 1. The SMILES string of the molecule is Cc1ccc(N2CC(CNS(=O)(=O)c3ccccc3Cl)OC2=O)cc1C. The first-order chi connectivity index (χ1) is 12.3. The average Bonchev–Trinajstić information content (AvgIpc) is 2.97. The van der Waals surface area contributed by atoms with Crippen molar-refractivity contribution in [3.05, 3.63) is 58.6 Å². The van der Waals surface area contributed by atoms with Crippen LogP contribution >= 0.6 is 11.6 Å². The van der Waals surface area contributed by atoms with Crippen LogP contribution in [-0.2, 0) is 14.8 Å². The second-order valence-electron chi connectivity index (χ2n) is 6.17. The van der Waals surface area contributed by atoms with Gasteiger partial charge in [0.15, 0.2) is 0 Å². The maximum absolute atomic E-state index is 12.4. The normalized spacial score (nSPS) is 17.4. The Morgan fingerprint density at radius 1 is 1.19 bits per heavy atom. The van der Waals surface area contributed by atoms with Crippen LogP contribution in [0, 0.1) is 13.8 Å². The molecule has 8 heteroatoms. The Hall–Kier alpha value is -2.09. The van der Waals surface area contributed by atoms with Gasteiger partial charge in [-0.15, -0.1) is 0 Å². The van der Waals surface area contributed by atoms with E-state index in [1.165, 1.54) is 17.0 Å². The molecule has 0 aromatic heterocycles. The fourth-order valence-electron chi connectivity index (χ4n) is 2.68. The number of rotatable bonds is 5. The number of cyclic esters (lactones) is 1. The molecule has 1 aliphatic rings. The van der Waals surface area contributed by atoms with Crippen molar-refractivity contribution in [3.63, 3.8) is 0 Å². The van der Waals surface area contributed by atoms with E-state index >= 15 is 0 Å². The Balaban J connectivity index is 1.68. The van der Waals surface area contributed by atoms with Gasteiger partial charge >= 0.3 is 6.09 Å². The van der Waals surface area contributed by atoms with Crippen LogP contribution in [0.3, 0.4) is 0 Å². The van der Waals surface area contributed by atoms with Crippen molar-refractivity contribution >= 4 is 33.4 Å². The molecule has 1 amide bonds. The summed E-state index contributed by atoms with van der Waals surface area (Å²) in [5.74, 6) is 0. The highest BCUT2D eigenvalue weighted by Gasteiger charge is 2.33. The summed E-state index contributed by atoms with van der Waals surface area (Å²) in [7, 11) is -3.78. The Kier molecular flexibility index (Phi) is 5.22. The molecule has 0 aliphatic carbocycles. The number of ether oxygens (including phenoxy) is 1. The van der Waals surface area contributed by atoms with Crippen LogP contribution in [0.5, 0.6) is 0 Å². The number of halogens is 1. The molecule has 138 valence electrons. The topological polar surface area (TPSA) is 75.7 Å². The summed E-state index contributed by atoms with van der Waals surface area (Å²) in [6, 6.07) is 11.9. The summed E-state index contributed by atoms with van der Waals surface area (Å²) in [5, 5.41) is 0.139. The number of nitrogens with one attached hydrogen (secondary N) is 1. The average molecular weight is 395 g/mol. The molecule has 1 N–H and O–H groups in total. The van der Waals surface area contributed by atoms with Crippen molar-refractivity contribution < 1.29 is 17.9 Å². The lowest BCUT2D eigenvalue weighted by atomic mass is 10.1. The Bertz CT molecular complexity index is 946. The van der Waals surface area contributed by atoms with Crippen molar-refractivity contribution in [1.82, 2.24) is 4.72 Å². The number of carbonyl (C=O) groups is 1. The highest BCUT2D eigenvalue weighted by Crippen LogP contribution is 2.24. The Labute approximate surface area is 157 Å². The third-order valence-corrected chi connectivity index (χ3v) is 6.23. The van der Waals surface area contributed by atoms with Gasteiger partial charge in [-0.3, -0.25) is 4.90 Å². The number of anilines is 1. The van der Waals surface area contributed by atoms with Gasteiger partial charge in [0.1, 0.15) is 11.0 Å². The van der Waals surface area contributed by atoms with Gasteiger partial charge in [0.05, 0.1) is 11.6 Å². The summed E-state index contributed by atoms with van der Waals surface area (Å²) < 4.78 is 32.5. The first kappa shape index (κ1) is 18.7. The molecule has 0 saturated carbocycles. The molecule has 0 spiro atoms. The number of amides is 1. The third kappa shape index (κ3) is 3.85. The van der Waals surface area contributed by atoms with Gasteiger partial charge in [0.25, 0.3) is 0 Å². The number of hydrogen-bond acceptors (Lipinski definition) is 4. The third-order valence-electron chi connectivity index (χ3n) is 4.30. The largest absolute Gasteiger partial charge is 0.443 e. The quantitative estimate of drug-likeness (QED) is 0.844. The second-order valence-corrected chi connectivity index (χ2v) is 8.31. The molecule has 3 rings (SSSR count). The Morgan fingerprint density at radius 3 is 2.62 bits per heavy atom. The monoisotopic (exact) mass is 394 g/mol. The van der Waals surface area contributed by atoms with Crippen LogP contribution in [0.4, 0.5) is 10.5 Å². The van der Waals surface area contributed by atoms with Crippen molar-refractivity contribution in [2.75, 3.05) is 18.0 Å². The van der Waals surface area contributed by atoms with E-state index in [0.29, 0.717) is 0 Å². The van der Waals surface area contributed by atoms with Gasteiger partial charge in [-0.1, -0.05) is 29.8 Å². The molecule has 1 fully saturated rings. The molecule has 6 nitrogen and oxygen atoms in total. The van der Waals surface area contributed by atoms with Crippen molar-refractivity contribution in [3.8, 4) is 0 Å². The van der Waals surface area contributed by atoms with Crippen molar-refractivity contribution in [2.45, 2.75) is 24.8 Å². The molecule has 1 heterocycles. The van der Waals surface area contributed by atoms with Gasteiger partial charge in [-0.05, 0) is 49.2 Å². The lowest BCUT2D eigenvalue weighted by Gasteiger charge is -2.15. The van der Waals surface area contributed by atoms with Gasteiger partial charge in [-0.2, -0.15) is 0 Å². The van der Waals surface area contributed by atoms with Crippen LogP contribution in [0.1, 0.15) is 11.1 Å². The molecular formula is C18H19ClN2O4S. The van der Waals surface area contributed by atoms with E-state index in [9.17, 15) is 13.2 Å². The summed E-state index contributed by atoms with van der Waals surface area (Å²) >= 11 is 5.95. The van der Waals surface area contributed by atoms with E-state index in [4.69, 9.17) is 16.3 Å². The zero-order valence-electron chi connectivity index (χ0n) is 14.4. The number of sulfonamides is 1. The van der Waals surface area contributed by atoms with Crippen LogP contribution < -0.4 is 9.62 Å². The first-order valence-corrected chi connectivity index (χ1v) is 9.93. The highest BCUT2D eigenvalue weighted by atomic mass is 35.5. The molecule has 1 aliphatic heterocycles. The van der Waals surface area contributed by atoms with Crippen LogP contribution in [0.2, 0.25) is 5.02 Å².